The van der Waals surface area contributed by atoms with Gasteiger partial charge in [-0.25, -0.2) is 5.01 Å². The van der Waals surface area contributed by atoms with E-state index in [-0.39, 0.29) is 18.7 Å². The predicted octanol–water partition coefficient (Wildman–Crippen LogP) is -2.00. The van der Waals surface area contributed by atoms with Crippen LogP contribution in [0.5, 0.6) is 0 Å². The molecule has 2 saturated heterocycles. The number of nitrogens with zero attached hydrogens (tertiary/aromatic N) is 2. The van der Waals surface area contributed by atoms with Gasteiger partial charge in [-0.05, 0) is 19.3 Å². The summed E-state index contributed by atoms with van der Waals surface area (Å²) in [7, 11) is 0. The molecule has 132 valence electrons. The van der Waals surface area contributed by atoms with E-state index in [1.165, 1.54) is 5.01 Å². The maximum atomic E-state index is 12.4. The molecule has 10 nitrogen and oxygen atoms in total. The van der Waals surface area contributed by atoms with Gasteiger partial charge in [0.15, 0.2) is 0 Å². The summed E-state index contributed by atoms with van der Waals surface area (Å²) >= 11 is 0. The van der Waals surface area contributed by atoms with E-state index >= 15 is 0 Å². The normalized spacial score (nSPS) is 25.5. The van der Waals surface area contributed by atoms with Crippen molar-refractivity contribution in [2.75, 3.05) is 6.54 Å². The molecule has 2 rings (SSSR count). The van der Waals surface area contributed by atoms with Crippen molar-refractivity contribution in [1.82, 2.24) is 15.3 Å². The number of carboxylic acid groups (broad SMARTS) is 1. The molecule has 0 radical (unpaired) electrons. The van der Waals surface area contributed by atoms with Crippen LogP contribution in [0, 0.1) is 0 Å². The molecule has 0 aromatic rings. The zero-order valence-corrected chi connectivity index (χ0v) is 13.0. The van der Waals surface area contributed by atoms with Crippen LogP contribution in [0.4, 0.5) is 0 Å². The highest BCUT2D eigenvalue weighted by atomic mass is 16.4. The average Bonchev–Trinajstić information content (AvgIpc) is 2.66. The molecule has 3 atom stereocenters. The van der Waals surface area contributed by atoms with Crippen LogP contribution in [0.15, 0.2) is 0 Å². The number of nitrogens with one attached hydrogen (secondary N) is 1. The molecule has 2 heterocycles. The fourth-order valence-electron chi connectivity index (χ4n) is 2.89. The third kappa shape index (κ3) is 3.70. The number of hydrazine groups is 1. The van der Waals surface area contributed by atoms with Gasteiger partial charge in [-0.2, -0.15) is 0 Å². The second-order valence-corrected chi connectivity index (χ2v) is 5.85. The second kappa shape index (κ2) is 7.39. The van der Waals surface area contributed by atoms with E-state index in [1.807, 2.05) is 0 Å². The number of hydrogen-bond donors (Lipinski definition) is 3. The van der Waals surface area contributed by atoms with Crippen LogP contribution in [0.25, 0.3) is 0 Å². The van der Waals surface area contributed by atoms with E-state index in [1.54, 1.807) is 0 Å². The Labute approximate surface area is 137 Å². The number of amides is 3. The molecule has 0 aromatic heterocycles. The fourth-order valence-corrected chi connectivity index (χ4v) is 2.89. The van der Waals surface area contributed by atoms with Crippen molar-refractivity contribution in [1.29, 1.82) is 0 Å². The van der Waals surface area contributed by atoms with Crippen LogP contribution in [0.1, 0.15) is 32.1 Å². The second-order valence-electron chi connectivity index (χ2n) is 5.85. The van der Waals surface area contributed by atoms with Gasteiger partial charge < -0.3 is 21.0 Å². The van der Waals surface area contributed by atoms with Crippen molar-refractivity contribution in [2.45, 2.75) is 50.2 Å². The summed E-state index contributed by atoms with van der Waals surface area (Å²) < 4.78 is 0. The molecule has 0 saturated carbocycles. The molecule has 10 heteroatoms. The van der Waals surface area contributed by atoms with Crippen molar-refractivity contribution in [3.8, 4) is 0 Å². The van der Waals surface area contributed by atoms with Crippen molar-refractivity contribution < 1.29 is 29.1 Å². The molecular weight excluding hydrogens is 320 g/mol. The first-order valence-electron chi connectivity index (χ1n) is 7.71. The number of aliphatic carboxylic acids is 1. The predicted molar refractivity (Wildman–Crippen MR) is 79.0 cm³/mol. The first-order chi connectivity index (χ1) is 11.3. The number of carbonyl (C=O) groups excluding carboxylic acids is 4. The summed E-state index contributed by atoms with van der Waals surface area (Å²) in [6.07, 6.45) is 0.898. The van der Waals surface area contributed by atoms with Crippen LogP contribution >= 0.6 is 0 Å². The summed E-state index contributed by atoms with van der Waals surface area (Å²) in [6.45, 7) is 0.313. The van der Waals surface area contributed by atoms with Gasteiger partial charge >= 0.3 is 5.97 Å². The lowest BCUT2D eigenvalue weighted by Crippen LogP contribution is -2.63. The molecule has 0 aromatic carbocycles. The SMILES string of the molecule is N[C@H]1CCC(=O)N2CCC[C@@H](C(=O)N[C@H](C=O)CC(=O)O)N2C1=O. The number of nitrogens with two attached hydrogens (primary N) is 1. The Kier molecular flexibility index (Phi) is 5.50. The van der Waals surface area contributed by atoms with E-state index in [4.69, 9.17) is 10.8 Å². The zero-order valence-electron chi connectivity index (χ0n) is 13.0. The molecule has 0 unspecified atom stereocenters. The number of hydrogen-bond acceptors (Lipinski definition) is 6. The van der Waals surface area contributed by atoms with Gasteiger partial charge in [0.1, 0.15) is 12.3 Å². The molecule has 0 bridgehead atoms. The lowest BCUT2D eigenvalue weighted by Gasteiger charge is -2.42. The molecular formula is C14H20N4O6. The Hall–Kier alpha value is -2.49. The lowest BCUT2D eigenvalue weighted by molar-refractivity contribution is -0.175. The smallest absolute Gasteiger partial charge is 0.305 e. The topological polar surface area (TPSA) is 150 Å². The van der Waals surface area contributed by atoms with Crippen molar-refractivity contribution in [2.24, 2.45) is 5.73 Å². The zero-order chi connectivity index (χ0) is 17.9. The Morgan fingerprint density at radius 3 is 2.71 bits per heavy atom. The summed E-state index contributed by atoms with van der Waals surface area (Å²) in [5, 5.41) is 13.3. The minimum Gasteiger partial charge on any atom is -0.481 e. The number of carbonyl (C=O) groups is 5. The number of carboxylic acids is 1. The summed E-state index contributed by atoms with van der Waals surface area (Å²) in [5.41, 5.74) is 5.77. The average molecular weight is 340 g/mol. The number of fused-ring (bicyclic) bond motifs is 1. The molecule has 0 spiro atoms. The molecule has 2 aliphatic heterocycles. The monoisotopic (exact) mass is 340 g/mol. The standard InChI is InChI=1S/C14H20N4O6/c15-9-3-4-11(20)17-5-1-2-10(18(17)14(9)24)13(23)16-8(7-19)6-12(21)22/h7-10H,1-6,15H2,(H,16,23)(H,21,22)/t8-,9-,10-/m0/s1. The van der Waals surface area contributed by atoms with Crippen LogP contribution < -0.4 is 11.1 Å². The minimum absolute atomic E-state index is 0.119. The summed E-state index contributed by atoms with van der Waals surface area (Å²) in [6, 6.07) is -3.07. The highest BCUT2D eigenvalue weighted by molar-refractivity contribution is 5.94. The Morgan fingerprint density at radius 1 is 1.38 bits per heavy atom. The van der Waals surface area contributed by atoms with Gasteiger partial charge in [0, 0.05) is 13.0 Å². The molecule has 2 fully saturated rings. The maximum absolute atomic E-state index is 12.4. The van der Waals surface area contributed by atoms with Crippen LogP contribution in [0.2, 0.25) is 0 Å². The fraction of sp³-hybridized carbons (Fsp3) is 0.643. The molecule has 2 aliphatic rings. The Balaban J connectivity index is 2.19. The third-order valence-electron chi connectivity index (χ3n) is 4.09. The highest BCUT2D eigenvalue weighted by Crippen LogP contribution is 2.24. The quantitative estimate of drug-likeness (QED) is 0.490. The van der Waals surface area contributed by atoms with E-state index in [0.29, 0.717) is 25.7 Å². The number of rotatable bonds is 5. The Bertz CT molecular complexity index is 565. The van der Waals surface area contributed by atoms with Gasteiger partial charge in [-0.1, -0.05) is 0 Å². The Morgan fingerprint density at radius 2 is 2.08 bits per heavy atom. The van der Waals surface area contributed by atoms with Crippen molar-refractivity contribution in [3.63, 3.8) is 0 Å². The molecule has 4 N–H and O–H groups in total. The molecule has 24 heavy (non-hydrogen) atoms. The van der Waals surface area contributed by atoms with Crippen molar-refractivity contribution in [3.05, 3.63) is 0 Å². The maximum Gasteiger partial charge on any atom is 0.305 e. The van der Waals surface area contributed by atoms with Crippen LogP contribution in [-0.2, 0) is 24.0 Å². The first kappa shape index (κ1) is 17.9. The van der Waals surface area contributed by atoms with Crippen LogP contribution in [0.3, 0.4) is 0 Å². The number of aldehydes is 1. The van der Waals surface area contributed by atoms with Gasteiger partial charge in [-0.3, -0.25) is 24.2 Å². The van der Waals surface area contributed by atoms with E-state index in [0.717, 1.165) is 5.01 Å². The van der Waals surface area contributed by atoms with Crippen molar-refractivity contribution >= 4 is 30.0 Å². The molecule has 3 amide bonds. The summed E-state index contributed by atoms with van der Waals surface area (Å²) in [5.74, 6) is -2.72. The highest BCUT2D eigenvalue weighted by Gasteiger charge is 2.43. The molecule has 0 aliphatic carbocycles. The van der Waals surface area contributed by atoms with Gasteiger partial charge in [0.2, 0.25) is 11.8 Å². The van der Waals surface area contributed by atoms with Crippen LogP contribution in [-0.4, -0.2) is 69.8 Å². The van der Waals surface area contributed by atoms with E-state index in [2.05, 4.69) is 5.32 Å². The first-order valence-corrected chi connectivity index (χ1v) is 7.71. The summed E-state index contributed by atoms with van der Waals surface area (Å²) in [4.78, 5) is 58.6. The minimum atomic E-state index is -1.24. The third-order valence-corrected chi connectivity index (χ3v) is 4.09. The van der Waals surface area contributed by atoms with Gasteiger partial charge in [0.05, 0.1) is 18.5 Å². The van der Waals surface area contributed by atoms with E-state index < -0.39 is 42.3 Å². The lowest BCUT2D eigenvalue weighted by atomic mass is 10.1. The van der Waals surface area contributed by atoms with E-state index in [9.17, 15) is 24.0 Å². The van der Waals surface area contributed by atoms with Gasteiger partial charge in [0.25, 0.3) is 5.91 Å². The largest absolute Gasteiger partial charge is 0.481 e. The van der Waals surface area contributed by atoms with Gasteiger partial charge in [-0.15, -0.1) is 0 Å².